The van der Waals surface area contributed by atoms with Crippen molar-refractivity contribution in [2.24, 2.45) is 0 Å². The van der Waals surface area contributed by atoms with Gasteiger partial charge >= 0.3 is 0 Å². The predicted molar refractivity (Wildman–Crippen MR) is 121 cm³/mol. The monoisotopic (exact) mass is 440 g/mol. The highest BCUT2D eigenvalue weighted by Crippen LogP contribution is 2.16. The molecular formula is C23H28N4O3S. The van der Waals surface area contributed by atoms with Crippen LogP contribution < -0.4 is 10.2 Å². The molecule has 0 aliphatic carbocycles. The molecule has 7 nitrogen and oxygen atoms in total. The summed E-state index contributed by atoms with van der Waals surface area (Å²) in [6, 6.07) is 18.8. The van der Waals surface area contributed by atoms with Gasteiger partial charge in [0.2, 0.25) is 5.91 Å². The second kappa shape index (κ2) is 10.4. The van der Waals surface area contributed by atoms with Crippen LogP contribution in [0, 0.1) is 11.3 Å². The highest BCUT2D eigenvalue weighted by molar-refractivity contribution is 7.91. The van der Waals surface area contributed by atoms with Crippen LogP contribution in [0.25, 0.3) is 0 Å². The highest BCUT2D eigenvalue weighted by atomic mass is 32.2. The molecule has 2 aromatic carbocycles. The fourth-order valence-corrected chi connectivity index (χ4v) is 4.99. The second-order valence-corrected chi connectivity index (χ2v) is 9.92. The van der Waals surface area contributed by atoms with Crippen molar-refractivity contribution in [1.82, 2.24) is 10.2 Å². The number of rotatable bonds is 8. The fourth-order valence-electron chi connectivity index (χ4n) is 3.68. The highest BCUT2D eigenvalue weighted by Gasteiger charge is 2.23. The van der Waals surface area contributed by atoms with Crippen molar-refractivity contribution in [1.29, 1.82) is 5.26 Å². The Labute approximate surface area is 184 Å². The number of sulfone groups is 1. The van der Waals surface area contributed by atoms with Gasteiger partial charge in [-0.1, -0.05) is 30.3 Å². The van der Waals surface area contributed by atoms with E-state index in [2.05, 4.69) is 27.2 Å². The number of nitrogens with one attached hydrogen (secondary N) is 1. The number of benzene rings is 2. The van der Waals surface area contributed by atoms with Crippen molar-refractivity contribution in [3.63, 3.8) is 0 Å². The Bertz CT molecular complexity index is 1010. The summed E-state index contributed by atoms with van der Waals surface area (Å²) >= 11 is 0. The molecule has 1 unspecified atom stereocenters. The molecule has 3 rings (SSSR count). The first-order chi connectivity index (χ1) is 14.9. The molecule has 0 spiro atoms. The second-order valence-electron chi connectivity index (χ2n) is 7.85. The molecule has 1 fully saturated rings. The zero-order valence-electron chi connectivity index (χ0n) is 17.7. The summed E-state index contributed by atoms with van der Waals surface area (Å²) in [5.74, 6) is -1.24. The average Bonchev–Trinajstić information content (AvgIpc) is 2.78. The van der Waals surface area contributed by atoms with Crippen molar-refractivity contribution in [2.45, 2.75) is 18.7 Å². The molecule has 0 radical (unpaired) electrons. The van der Waals surface area contributed by atoms with Crippen LogP contribution in [-0.4, -0.2) is 63.7 Å². The molecule has 31 heavy (non-hydrogen) atoms. The van der Waals surface area contributed by atoms with E-state index < -0.39 is 21.5 Å². The third-order valence-corrected chi connectivity index (χ3v) is 6.95. The van der Waals surface area contributed by atoms with Gasteiger partial charge in [-0.15, -0.1) is 0 Å². The van der Waals surface area contributed by atoms with Crippen LogP contribution >= 0.6 is 0 Å². The van der Waals surface area contributed by atoms with E-state index in [4.69, 9.17) is 5.26 Å². The van der Waals surface area contributed by atoms with E-state index in [9.17, 15) is 13.2 Å². The predicted octanol–water partition coefficient (Wildman–Crippen LogP) is 1.80. The first-order valence-corrected chi connectivity index (χ1v) is 12.2. The van der Waals surface area contributed by atoms with Gasteiger partial charge in [0.1, 0.15) is 5.75 Å². The van der Waals surface area contributed by atoms with E-state index in [0.29, 0.717) is 17.7 Å². The molecule has 8 heteroatoms. The topological polar surface area (TPSA) is 93.5 Å². The Morgan fingerprint density at radius 1 is 1.06 bits per heavy atom. The number of hydrogen-bond acceptors (Lipinski definition) is 6. The van der Waals surface area contributed by atoms with Gasteiger partial charge in [0, 0.05) is 44.5 Å². The molecule has 1 N–H and O–H groups in total. The van der Waals surface area contributed by atoms with E-state index in [1.807, 2.05) is 31.2 Å². The summed E-state index contributed by atoms with van der Waals surface area (Å²) in [6.45, 7) is 6.08. The minimum absolute atomic E-state index is 0.128. The third kappa shape index (κ3) is 6.81. The third-order valence-electron chi connectivity index (χ3n) is 5.47. The fraction of sp³-hybridized carbons (Fsp3) is 0.391. The summed E-state index contributed by atoms with van der Waals surface area (Å²) in [5, 5.41) is 11.6. The summed E-state index contributed by atoms with van der Waals surface area (Å²) in [5.41, 5.74) is 2.25. The Hall–Kier alpha value is -2.89. The maximum Gasteiger partial charge on any atom is 0.235 e. The van der Waals surface area contributed by atoms with Crippen LogP contribution in [0.3, 0.4) is 0 Å². The molecule has 1 aliphatic rings. The molecule has 1 aliphatic heterocycles. The minimum atomic E-state index is -3.58. The average molecular weight is 441 g/mol. The largest absolute Gasteiger partial charge is 0.369 e. The molecule has 1 amide bonds. The number of carbonyl (C=O) groups is 1. The lowest BCUT2D eigenvalue weighted by molar-refractivity contribution is -0.118. The first kappa shape index (κ1) is 22.8. The number of para-hydroxylation sites is 1. The van der Waals surface area contributed by atoms with E-state index >= 15 is 0 Å². The number of hydrogen-bond donors (Lipinski definition) is 1. The van der Waals surface area contributed by atoms with E-state index in [1.54, 1.807) is 24.3 Å². The number of nitriles is 1. The Kier molecular flexibility index (Phi) is 7.66. The van der Waals surface area contributed by atoms with Crippen LogP contribution in [-0.2, 0) is 20.4 Å². The first-order valence-electron chi connectivity index (χ1n) is 10.4. The standard InChI is InChI=1S/C23H28N4O3S/c1-19(26-11-13-27(14-12-26)22-5-3-2-4-6-22)16-25-23(28)18-31(29,30)17-21-9-7-20(15-24)8-10-21/h2-10,19H,11-14,16-18H2,1H3,(H,25,28). The number of carbonyl (C=O) groups excluding carboxylic acids is 1. The molecule has 0 aromatic heterocycles. The van der Waals surface area contributed by atoms with Gasteiger partial charge in [-0.05, 0) is 36.8 Å². The van der Waals surface area contributed by atoms with Gasteiger partial charge in [-0.2, -0.15) is 5.26 Å². The molecule has 1 saturated heterocycles. The Morgan fingerprint density at radius 2 is 1.71 bits per heavy atom. The smallest absolute Gasteiger partial charge is 0.235 e. The van der Waals surface area contributed by atoms with Crippen molar-refractivity contribution in [3.8, 4) is 6.07 Å². The molecule has 1 heterocycles. The number of amides is 1. The lowest BCUT2D eigenvalue weighted by atomic mass is 10.2. The van der Waals surface area contributed by atoms with E-state index in [1.165, 1.54) is 5.69 Å². The molecule has 164 valence electrons. The summed E-state index contributed by atoms with van der Waals surface area (Å²) in [6.07, 6.45) is 0. The van der Waals surface area contributed by atoms with Gasteiger partial charge in [0.25, 0.3) is 0 Å². The van der Waals surface area contributed by atoms with Crippen LogP contribution in [0.15, 0.2) is 54.6 Å². The summed E-state index contributed by atoms with van der Waals surface area (Å²) in [7, 11) is -3.58. The van der Waals surface area contributed by atoms with Crippen LogP contribution in [0.5, 0.6) is 0 Å². The Balaban J connectivity index is 1.42. The zero-order valence-corrected chi connectivity index (χ0v) is 18.5. The van der Waals surface area contributed by atoms with Crippen LogP contribution in [0.1, 0.15) is 18.1 Å². The van der Waals surface area contributed by atoms with Crippen molar-refractivity contribution in [3.05, 3.63) is 65.7 Å². The zero-order chi connectivity index (χ0) is 22.3. The van der Waals surface area contributed by atoms with Gasteiger partial charge in [-0.3, -0.25) is 9.69 Å². The molecule has 1 atom stereocenters. The van der Waals surface area contributed by atoms with Crippen LogP contribution in [0.4, 0.5) is 5.69 Å². The molecule has 0 bridgehead atoms. The van der Waals surface area contributed by atoms with Crippen molar-refractivity contribution in [2.75, 3.05) is 43.4 Å². The number of nitrogens with zero attached hydrogens (tertiary/aromatic N) is 3. The normalized spacial score (nSPS) is 15.8. The quantitative estimate of drug-likeness (QED) is 0.673. The maximum atomic E-state index is 12.3. The summed E-state index contributed by atoms with van der Waals surface area (Å²) < 4.78 is 24.7. The van der Waals surface area contributed by atoms with E-state index in [0.717, 1.165) is 26.2 Å². The van der Waals surface area contributed by atoms with Crippen molar-refractivity contribution >= 4 is 21.4 Å². The lowest BCUT2D eigenvalue weighted by Gasteiger charge is -2.39. The SMILES string of the molecule is CC(CNC(=O)CS(=O)(=O)Cc1ccc(C#N)cc1)N1CCN(c2ccccc2)CC1. The van der Waals surface area contributed by atoms with Gasteiger partial charge in [0.05, 0.1) is 17.4 Å². The van der Waals surface area contributed by atoms with Gasteiger partial charge < -0.3 is 10.2 Å². The van der Waals surface area contributed by atoms with Gasteiger partial charge in [-0.25, -0.2) is 8.42 Å². The molecular weight excluding hydrogens is 412 g/mol. The minimum Gasteiger partial charge on any atom is -0.369 e. The lowest BCUT2D eigenvalue weighted by Crippen LogP contribution is -2.52. The van der Waals surface area contributed by atoms with Crippen LogP contribution in [0.2, 0.25) is 0 Å². The number of piperazine rings is 1. The number of anilines is 1. The summed E-state index contributed by atoms with van der Waals surface area (Å²) in [4.78, 5) is 16.9. The maximum absolute atomic E-state index is 12.3. The molecule has 2 aromatic rings. The van der Waals surface area contributed by atoms with Gasteiger partial charge in [0.15, 0.2) is 9.84 Å². The van der Waals surface area contributed by atoms with Crippen molar-refractivity contribution < 1.29 is 13.2 Å². The molecule has 0 saturated carbocycles. The Morgan fingerprint density at radius 3 is 2.32 bits per heavy atom. The van der Waals surface area contributed by atoms with E-state index in [-0.39, 0.29) is 11.8 Å².